The zero-order valence-corrected chi connectivity index (χ0v) is 10.4. The van der Waals surface area contributed by atoms with E-state index < -0.39 is 30.1 Å². The standard InChI is InChI=1S/C11H21N3O4/c1-7(4-5-9(16)17)14-11(18)10(13)8(15)3-2-6-12/h4-5,7-8,10,15H,2-3,6,12-13H2,1H3,(H,14,18)(H,16,17)/b5-4+. The lowest BCUT2D eigenvalue weighted by molar-refractivity contribution is -0.131. The number of amides is 1. The fraction of sp³-hybridized carbons (Fsp3) is 0.636. The van der Waals surface area contributed by atoms with Gasteiger partial charge in [-0.25, -0.2) is 4.79 Å². The van der Waals surface area contributed by atoms with Crippen LogP contribution in [0.5, 0.6) is 0 Å². The molecule has 0 saturated carbocycles. The van der Waals surface area contributed by atoms with E-state index in [0.29, 0.717) is 19.4 Å². The maximum Gasteiger partial charge on any atom is 0.328 e. The van der Waals surface area contributed by atoms with Crippen LogP contribution in [0.2, 0.25) is 0 Å². The molecule has 0 bridgehead atoms. The van der Waals surface area contributed by atoms with Gasteiger partial charge in [-0.15, -0.1) is 0 Å². The van der Waals surface area contributed by atoms with E-state index in [0.717, 1.165) is 6.08 Å². The molecule has 0 aromatic rings. The molecular formula is C11H21N3O4. The molecule has 0 aliphatic heterocycles. The van der Waals surface area contributed by atoms with Crippen molar-refractivity contribution in [2.45, 2.75) is 38.0 Å². The second-order valence-electron chi connectivity index (χ2n) is 4.02. The Labute approximate surface area is 106 Å². The highest BCUT2D eigenvalue weighted by Gasteiger charge is 2.22. The van der Waals surface area contributed by atoms with Crippen LogP contribution in [-0.4, -0.2) is 46.8 Å². The first-order valence-corrected chi connectivity index (χ1v) is 5.73. The van der Waals surface area contributed by atoms with Crippen molar-refractivity contribution >= 4 is 11.9 Å². The Morgan fingerprint density at radius 3 is 2.56 bits per heavy atom. The van der Waals surface area contributed by atoms with Crippen LogP contribution in [0, 0.1) is 0 Å². The molecule has 1 amide bonds. The Bertz CT molecular complexity index is 307. The SMILES string of the molecule is CC(/C=C/C(=O)O)NC(=O)C(N)C(O)CCCN. The Morgan fingerprint density at radius 1 is 1.44 bits per heavy atom. The van der Waals surface area contributed by atoms with Crippen molar-refractivity contribution in [2.75, 3.05) is 6.54 Å². The molecule has 0 aliphatic rings. The minimum Gasteiger partial charge on any atom is -0.478 e. The van der Waals surface area contributed by atoms with E-state index in [2.05, 4.69) is 5.32 Å². The van der Waals surface area contributed by atoms with Gasteiger partial charge >= 0.3 is 5.97 Å². The molecule has 7 N–H and O–H groups in total. The lowest BCUT2D eigenvalue weighted by Gasteiger charge is -2.19. The van der Waals surface area contributed by atoms with Gasteiger partial charge in [0.25, 0.3) is 0 Å². The number of hydrogen-bond acceptors (Lipinski definition) is 5. The summed E-state index contributed by atoms with van der Waals surface area (Å²) in [5.74, 6) is -1.62. The van der Waals surface area contributed by atoms with Crippen LogP contribution >= 0.6 is 0 Å². The third-order valence-electron chi connectivity index (χ3n) is 2.32. The number of aliphatic hydroxyl groups excluding tert-OH is 1. The van der Waals surface area contributed by atoms with Crippen LogP contribution < -0.4 is 16.8 Å². The summed E-state index contributed by atoms with van der Waals surface area (Å²) < 4.78 is 0. The molecule has 0 aromatic carbocycles. The number of nitrogens with one attached hydrogen (secondary N) is 1. The van der Waals surface area contributed by atoms with Crippen molar-refractivity contribution in [3.8, 4) is 0 Å². The normalized spacial score (nSPS) is 16.2. The van der Waals surface area contributed by atoms with E-state index in [1.165, 1.54) is 6.08 Å². The number of carboxylic acid groups (broad SMARTS) is 1. The largest absolute Gasteiger partial charge is 0.478 e. The molecule has 0 heterocycles. The summed E-state index contributed by atoms with van der Waals surface area (Å²) in [6.45, 7) is 2.03. The number of rotatable bonds is 8. The molecule has 0 aromatic heterocycles. The summed E-state index contributed by atoms with van der Waals surface area (Å²) in [7, 11) is 0. The Balaban J connectivity index is 4.18. The number of carbonyl (C=O) groups is 2. The van der Waals surface area contributed by atoms with Crippen molar-refractivity contribution < 1.29 is 19.8 Å². The van der Waals surface area contributed by atoms with Gasteiger partial charge in [0.05, 0.1) is 6.10 Å². The predicted octanol–water partition coefficient (Wildman–Crippen LogP) is -1.44. The molecule has 7 heteroatoms. The van der Waals surface area contributed by atoms with E-state index in [-0.39, 0.29) is 0 Å². The third-order valence-corrected chi connectivity index (χ3v) is 2.32. The molecule has 0 rings (SSSR count). The van der Waals surface area contributed by atoms with Crippen molar-refractivity contribution in [1.82, 2.24) is 5.32 Å². The van der Waals surface area contributed by atoms with Crippen molar-refractivity contribution in [1.29, 1.82) is 0 Å². The lowest BCUT2D eigenvalue weighted by atomic mass is 10.1. The summed E-state index contributed by atoms with van der Waals surface area (Å²) in [5, 5.41) is 20.5. The molecule has 3 atom stereocenters. The summed E-state index contributed by atoms with van der Waals surface area (Å²) in [6, 6.07) is -1.52. The van der Waals surface area contributed by atoms with E-state index in [1.807, 2.05) is 0 Å². The van der Waals surface area contributed by atoms with Crippen molar-refractivity contribution in [3.05, 3.63) is 12.2 Å². The van der Waals surface area contributed by atoms with Crippen LogP contribution in [0.25, 0.3) is 0 Å². The zero-order valence-electron chi connectivity index (χ0n) is 10.4. The molecule has 0 aliphatic carbocycles. The molecule has 3 unspecified atom stereocenters. The van der Waals surface area contributed by atoms with Crippen LogP contribution in [-0.2, 0) is 9.59 Å². The number of carbonyl (C=O) groups excluding carboxylic acids is 1. The molecule has 104 valence electrons. The second kappa shape index (κ2) is 8.62. The van der Waals surface area contributed by atoms with Crippen molar-refractivity contribution in [3.63, 3.8) is 0 Å². The number of aliphatic hydroxyl groups is 1. The van der Waals surface area contributed by atoms with E-state index in [1.54, 1.807) is 6.92 Å². The zero-order chi connectivity index (χ0) is 14.1. The molecule has 7 nitrogen and oxygen atoms in total. The number of aliphatic carboxylic acids is 1. The van der Waals surface area contributed by atoms with Gasteiger partial charge in [0.1, 0.15) is 6.04 Å². The van der Waals surface area contributed by atoms with Gasteiger partial charge in [-0.1, -0.05) is 6.08 Å². The average molecular weight is 259 g/mol. The second-order valence-corrected chi connectivity index (χ2v) is 4.02. The quantitative estimate of drug-likeness (QED) is 0.338. The molecule has 0 saturated heterocycles. The highest BCUT2D eigenvalue weighted by atomic mass is 16.4. The van der Waals surface area contributed by atoms with Gasteiger partial charge in [0, 0.05) is 12.1 Å². The molecule has 18 heavy (non-hydrogen) atoms. The fourth-order valence-corrected chi connectivity index (χ4v) is 1.28. The van der Waals surface area contributed by atoms with Gasteiger partial charge in [0.15, 0.2) is 0 Å². The average Bonchev–Trinajstić information content (AvgIpc) is 2.32. The highest BCUT2D eigenvalue weighted by molar-refractivity contribution is 5.83. The monoisotopic (exact) mass is 259 g/mol. The predicted molar refractivity (Wildman–Crippen MR) is 66.7 cm³/mol. The topological polar surface area (TPSA) is 139 Å². The summed E-state index contributed by atoms with van der Waals surface area (Å²) in [5.41, 5.74) is 10.8. The van der Waals surface area contributed by atoms with Crippen LogP contribution in [0.15, 0.2) is 12.2 Å². The smallest absolute Gasteiger partial charge is 0.328 e. The minimum absolute atomic E-state index is 0.352. The summed E-state index contributed by atoms with van der Waals surface area (Å²) in [6.07, 6.45) is 2.23. The van der Waals surface area contributed by atoms with Gasteiger partial charge in [-0.3, -0.25) is 4.79 Å². The number of carboxylic acids is 1. The van der Waals surface area contributed by atoms with Gasteiger partial charge < -0.3 is 27.0 Å². The first-order valence-electron chi connectivity index (χ1n) is 5.73. The van der Waals surface area contributed by atoms with Gasteiger partial charge in [0.2, 0.25) is 5.91 Å². The highest BCUT2D eigenvalue weighted by Crippen LogP contribution is 2.00. The lowest BCUT2D eigenvalue weighted by Crippen LogP contribution is -2.50. The van der Waals surface area contributed by atoms with Gasteiger partial charge in [-0.05, 0) is 26.3 Å². The first-order chi connectivity index (χ1) is 8.38. The number of nitrogens with two attached hydrogens (primary N) is 2. The Morgan fingerprint density at radius 2 is 2.06 bits per heavy atom. The van der Waals surface area contributed by atoms with Crippen molar-refractivity contribution in [2.24, 2.45) is 11.5 Å². The maximum atomic E-state index is 11.6. The Hall–Kier alpha value is -1.44. The molecule has 0 fully saturated rings. The van der Waals surface area contributed by atoms with Crippen LogP contribution in [0.1, 0.15) is 19.8 Å². The van der Waals surface area contributed by atoms with E-state index >= 15 is 0 Å². The van der Waals surface area contributed by atoms with E-state index in [4.69, 9.17) is 16.6 Å². The van der Waals surface area contributed by atoms with Crippen LogP contribution in [0.4, 0.5) is 0 Å². The summed E-state index contributed by atoms with van der Waals surface area (Å²) >= 11 is 0. The maximum absolute atomic E-state index is 11.6. The number of hydrogen-bond donors (Lipinski definition) is 5. The Kier molecular flexibility index (Phi) is 7.93. The summed E-state index contributed by atoms with van der Waals surface area (Å²) in [4.78, 5) is 21.9. The third kappa shape index (κ3) is 7.00. The minimum atomic E-state index is -1.09. The fourth-order valence-electron chi connectivity index (χ4n) is 1.28. The first kappa shape index (κ1) is 16.6. The molecular weight excluding hydrogens is 238 g/mol. The van der Waals surface area contributed by atoms with Gasteiger partial charge in [-0.2, -0.15) is 0 Å². The molecule has 0 spiro atoms. The van der Waals surface area contributed by atoms with Crippen LogP contribution in [0.3, 0.4) is 0 Å². The van der Waals surface area contributed by atoms with E-state index in [9.17, 15) is 14.7 Å². The molecule has 0 radical (unpaired) electrons.